The van der Waals surface area contributed by atoms with Crippen LogP contribution in [0.2, 0.25) is 0 Å². The van der Waals surface area contributed by atoms with Crippen molar-refractivity contribution in [1.29, 1.82) is 0 Å². The fraction of sp³-hybridized carbons (Fsp3) is 0.621. The number of anilines is 1. The number of carbonyl (C=O) groups is 2. The van der Waals surface area contributed by atoms with Gasteiger partial charge in [0.05, 0.1) is 35.2 Å². The lowest BCUT2D eigenvalue weighted by Crippen LogP contribution is -2.47. The fourth-order valence-electron chi connectivity index (χ4n) is 6.15. The Kier molecular flexibility index (Phi) is 8.85. The van der Waals surface area contributed by atoms with Gasteiger partial charge in [0.2, 0.25) is 11.8 Å². The van der Waals surface area contributed by atoms with Gasteiger partial charge < -0.3 is 15.5 Å². The second kappa shape index (κ2) is 12.3. The van der Waals surface area contributed by atoms with Crippen molar-refractivity contribution in [3.63, 3.8) is 0 Å². The van der Waals surface area contributed by atoms with E-state index in [1.807, 2.05) is 25.8 Å². The number of hydrogen-bond acceptors (Lipinski definition) is 6. The number of halogens is 5. The van der Waals surface area contributed by atoms with Gasteiger partial charge in [0.25, 0.3) is 5.91 Å². The molecular weight excluding hydrogens is 587 g/mol. The minimum Gasteiger partial charge on any atom is -0.373 e. The number of nitrogens with zero attached hydrogens (tertiary/aromatic N) is 6. The van der Waals surface area contributed by atoms with Gasteiger partial charge in [-0.15, -0.1) is 0 Å². The number of hydrogen-bond donors (Lipinski definition) is 2. The van der Waals surface area contributed by atoms with Crippen LogP contribution in [0.15, 0.2) is 24.5 Å². The fourth-order valence-corrected chi connectivity index (χ4v) is 6.15. The SMILES string of the molecule is CCN(C)c1cc2nc(C(NC(=O)c3ccnn3CC)C3CCC(F)(F)CC3)cn2nc1CC1C[C@@H](C(F)(F)F)CNC1=O. The highest BCUT2D eigenvalue weighted by Crippen LogP contribution is 2.42. The number of imidazole rings is 1. The second-order valence-corrected chi connectivity index (χ2v) is 11.8. The third-order valence-corrected chi connectivity index (χ3v) is 8.86. The van der Waals surface area contributed by atoms with E-state index < -0.39 is 48.3 Å². The molecule has 44 heavy (non-hydrogen) atoms. The van der Waals surface area contributed by atoms with E-state index in [-0.39, 0.29) is 44.4 Å². The van der Waals surface area contributed by atoms with Crippen LogP contribution in [-0.4, -0.2) is 68.4 Å². The van der Waals surface area contributed by atoms with Gasteiger partial charge in [-0.1, -0.05) is 0 Å². The van der Waals surface area contributed by atoms with Crippen LogP contribution in [0.4, 0.5) is 27.6 Å². The zero-order valence-electron chi connectivity index (χ0n) is 24.9. The van der Waals surface area contributed by atoms with Crippen molar-refractivity contribution in [2.45, 2.75) is 77.1 Å². The number of aryl methyl sites for hydroxylation is 1. The molecule has 0 aromatic carbocycles. The molecule has 0 radical (unpaired) electrons. The molecule has 10 nitrogen and oxygen atoms in total. The van der Waals surface area contributed by atoms with E-state index in [1.165, 1.54) is 15.4 Å². The van der Waals surface area contributed by atoms with Crippen molar-refractivity contribution < 1.29 is 31.5 Å². The van der Waals surface area contributed by atoms with Crippen molar-refractivity contribution >= 4 is 23.1 Å². The first kappa shape index (κ1) is 31.6. The maximum Gasteiger partial charge on any atom is 0.393 e. The van der Waals surface area contributed by atoms with Gasteiger partial charge in [-0.05, 0) is 45.1 Å². The Balaban J connectivity index is 1.50. The standard InChI is InChI=1S/C29H37F5N8O2/c1-4-40(3)23-14-24-37-21(16-42(24)39-20(23)13-18-12-19(29(32,33)34)15-35-26(18)43)25(17-6-9-28(30,31)10-7-17)38-27(44)22-8-11-36-41(22)5-2/h8,11,14,16-19,25H,4-7,9-10,12-13,15H2,1-3H3,(H,35,43)(H,38,44)/t18?,19-,25?/m1/s1. The van der Waals surface area contributed by atoms with E-state index in [1.54, 1.807) is 18.3 Å². The van der Waals surface area contributed by atoms with Crippen LogP contribution < -0.4 is 15.5 Å². The topological polar surface area (TPSA) is 109 Å². The maximum absolute atomic E-state index is 14.1. The molecule has 2 N–H and O–H groups in total. The molecule has 5 rings (SSSR count). The summed E-state index contributed by atoms with van der Waals surface area (Å²) in [5, 5.41) is 14.2. The van der Waals surface area contributed by atoms with Gasteiger partial charge in [0.15, 0.2) is 5.65 Å². The highest BCUT2D eigenvalue weighted by molar-refractivity contribution is 5.92. The first-order valence-corrected chi connectivity index (χ1v) is 14.9. The number of nitrogens with one attached hydrogen (secondary N) is 2. The van der Waals surface area contributed by atoms with Crippen molar-refractivity contribution in [1.82, 2.24) is 35.0 Å². The minimum absolute atomic E-state index is 0.0135. The maximum atomic E-state index is 14.1. The zero-order chi connectivity index (χ0) is 31.8. The molecule has 0 bridgehead atoms. The third kappa shape index (κ3) is 6.65. The highest BCUT2D eigenvalue weighted by Gasteiger charge is 2.45. The molecule has 1 aliphatic carbocycles. The molecule has 1 aliphatic heterocycles. The number of amides is 2. The van der Waals surface area contributed by atoms with E-state index in [2.05, 4.69) is 15.7 Å². The summed E-state index contributed by atoms with van der Waals surface area (Å²) in [6.07, 6.45) is -1.90. The van der Waals surface area contributed by atoms with Gasteiger partial charge >= 0.3 is 6.18 Å². The van der Waals surface area contributed by atoms with Crippen LogP contribution in [0, 0.1) is 17.8 Å². The average Bonchev–Trinajstić information content (AvgIpc) is 3.62. The van der Waals surface area contributed by atoms with E-state index in [9.17, 15) is 31.5 Å². The summed E-state index contributed by atoms with van der Waals surface area (Å²) in [4.78, 5) is 32.6. The van der Waals surface area contributed by atoms with Gasteiger partial charge in [-0.2, -0.15) is 23.4 Å². The highest BCUT2D eigenvalue weighted by atomic mass is 19.4. The van der Waals surface area contributed by atoms with E-state index in [0.717, 1.165) is 0 Å². The lowest BCUT2D eigenvalue weighted by Gasteiger charge is -2.33. The number of fused-ring (bicyclic) bond motifs is 1. The average molecular weight is 625 g/mol. The zero-order valence-corrected chi connectivity index (χ0v) is 24.9. The lowest BCUT2D eigenvalue weighted by atomic mass is 9.81. The van der Waals surface area contributed by atoms with Crippen molar-refractivity contribution in [2.24, 2.45) is 17.8 Å². The Hall–Kier alpha value is -3.78. The van der Waals surface area contributed by atoms with Crippen LogP contribution in [0.3, 0.4) is 0 Å². The Morgan fingerprint density at radius 2 is 1.98 bits per heavy atom. The van der Waals surface area contributed by atoms with Crippen molar-refractivity contribution in [3.8, 4) is 0 Å². The van der Waals surface area contributed by atoms with Crippen molar-refractivity contribution in [3.05, 3.63) is 41.6 Å². The number of alkyl halides is 5. The van der Waals surface area contributed by atoms with Gasteiger partial charge in [0, 0.05) is 64.1 Å². The third-order valence-electron chi connectivity index (χ3n) is 8.86. The molecule has 3 aromatic heterocycles. The molecular formula is C29H37F5N8O2. The Morgan fingerprint density at radius 3 is 2.64 bits per heavy atom. The van der Waals surface area contributed by atoms with E-state index in [4.69, 9.17) is 10.1 Å². The minimum atomic E-state index is -4.43. The number of rotatable bonds is 9. The molecule has 15 heteroatoms. The summed E-state index contributed by atoms with van der Waals surface area (Å²) < 4.78 is 71.6. The monoisotopic (exact) mass is 624 g/mol. The molecule has 3 atom stereocenters. The van der Waals surface area contributed by atoms with Crippen LogP contribution in [0.25, 0.3) is 5.65 Å². The Labute approximate surface area is 251 Å². The summed E-state index contributed by atoms with van der Waals surface area (Å²) in [5.74, 6) is -6.51. The molecule has 2 aliphatic rings. The van der Waals surface area contributed by atoms with Crippen LogP contribution in [0.1, 0.15) is 73.9 Å². The van der Waals surface area contributed by atoms with E-state index >= 15 is 0 Å². The van der Waals surface area contributed by atoms with Crippen LogP contribution in [0.5, 0.6) is 0 Å². The summed E-state index contributed by atoms with van der Waals surface area (Å²) in [5.41, 5.74) is 2.22. The summed E-state index contributed by atoms with van der Waals surface area (Å²) >= 11 is 0. The molecule has 2 unspecified atom stereocenters. The molecule has 1 saturated heterocycles. The molecule has 4 heterocycles. The molecule has 3 aromatic rings. The van der Waals surface area contributed by atoms with Gasteiger partial charge in [0.1, 0.15) is 5.69 Å². The van der Waals surface area contributed by atoms with Crippen LogP contribution in [-0.2, 0) is 17.8 Å². The van der Waals surface area contributed by atoms with Crippen molar-refractivity contribution in [2.75, 3.05) is 25.0 Å². The smallest absolute Gasteiger partial charge is 0.373 e. The number of piperidine rings is 1. The quantitative estimate of drug-likeness (QED) is 0.338. The Bertz CT molecular complexity index is 1490. The summed E-state index contributed by atoms with van der Waals surface area (Å²) in [7, 11) is 1.81. The molecule has 2 fully saturated rings. The predicted molar refractivity (Wildman–Crippen MR) is 151 cm³/mol. The first-order chi connectivity index (χ1) is 20.8. The predicted octanol–water partition coefficient (Wildman–Crippen LogP) is 4.56. The molecule has 0 spiro atoms. The summed E-state index contributed by atoms with van der Waals surface area (Å²) in [6, 6.07) is 2.63. The number of aromatic nitrogens is 5. The van der Waals surface area contributed by atoms with Gasteiger partial charge in [-0.3, -0.25) is 14.3 Å². The largest absolute Gasteiger partial charge is 0.393 e. The van der Waals surface area contributed by atoms with Crippen LogP contribution >= 0.6 is 0 Å². The first-order valence-electron chi connectivity index (χ1n) is 14.9. The Morgan fingerprint density at radius 1 is 1.25 bits per heavy atom. The van der Waals surface area contributed by atoms with E-state index in [0.29, 0.717) is 41.5 Å². The second-order valence-electron chi connectivity index (χ2n) is 11.8. The van der Waals surface area contributed by atoms with Gasteiger partial charge in [-0.25, -0.2) is 18.3 Å². The molecule has 2 amide bonds. The molecule has 1 saturated carbocycles. The summed E-state index contributed by atoms with van der Waals surface area (Å²) in [6.45, 7) is 4.33. The normalized spacial score (nSPS) is 21.7. The number of carbonyl (C=O) groups excluding carboxylic acids is 2. The lowest BCUT2D eigenvalue weighted by molar-refractivity contribution is -0.183. The molecule has 240 valence electrons.